The molecule has 4 nitrogen and oxygen atoms in total. The second-order valence-corrected chi connectivity index (χ2v) is 10.8. The van der Waals surface area contributed by atoms with Crippen LogP contribution >= 0.6 is 11.6 Å². The van der Waals surface area contributed by atoms with Crippen molar-refractivity contribution < 1.29 is 4.74 Å². The van der Waals surface area contributed by atoms with Gasteiger partial charge in [-0.2, -0.15) is 0 Å². The van der Waals surface area contributed by atoms with Crippen LogP contribution in [-0.4, -0.2) is 32.2 Å². The van der Waals surface area contributed by atoms with Gasteiger partial charge < -0.3 is 20.7 Å². The van der Waals surface area contributed by atoms with Gasteiger partial charge in [0.1, 0.15) is 12.4 Å². The predicted octanol–water partition coefficient (Wildman–Crippen LogP) is 6.51. The molecule has 0 amide bonds. The van der Waals surface area contributed by atoms with E-state index >= 15 is 0 Å². The second-order valence-electron chi connectivity index (χ2n) is 10.4. The molecule has 0 aliphatic heterocycles. The van der Waals surface area contributed by atoms with Crippen molar-refractivity contribution in [2.45, 2.75) is 66.5 Å². The summed E-state index contributed by atoms with van der Waals surface area (Å²) in [6, 6.07) is 16.5. The van der Waals surface area contributed by atoms with Gasteiger partial charge in [-0.1, -0.05) is 64.8 Å². The summed E-state index contributed by atoms with van der Waals surface area (Å²) in [6.45, 7) is 15.8. The van der Waals surface area contributed by atoms with Crippen LogP contribution in [0, 0.1) is 11.3 Å². The molecule has 2 aromatic carbocycles. The second kappa shape index (κ2) is 13.8. The summed E-state index contributed by atoms with van der Waals surface area (Å²) in [4.78, 5) is 2.51. The van der Waals surface area contributed by atoms with E-state index in [2.05, 4.69) is 69.1 Å². The van der Waals surface area contributed by atoms with Crippen LogP contribution in [0.5, 0.6) is 5.75 Å². The van der Waals surface area contributed by atoms with Crippen LogP contribution < -0.4 is 20.7 Å². The first-order chi connectivity index (χ1) is 15.7. The monoisotopic (exact) mass is 473 g/mol. The zero-order chi connectivity index (χ0) is 24.3. The number of nitrogens with two attached hydrogens (primary N) is 1. The van der Waals surface area contributed by atoms with Crippen LogP contribution in [0.4, 0.5) is 5.69 Å². The number of nitrogens with zero attached hydrogens (tertiary/aromatic N) is 1. The molecular formula is C28H44ClN3O. The molecule has 0 heterocycles. The van der Waals surface area contributed by atoms with E-state index in [1.165, 1.54) is 12.1 Å². The maximum atomic E-state index is 6.18. The lowest BCUT2D eigenvalue weighted by molar-refractivity contribution is 0.306. The molecule has 0 saturated heterocycles. The first kappa shape index (κ1) is 27.5. The standard InChI is InChI=1S/C28H44ClN3O/c1-6-7-25(30)18-31-20-28(4,5)21-32(17-16-22(2)3)26-12-14-27(15-13-26)33-19-23-8-10-24(29)11-9-23/h8-15,22,25,31H,6-7,16-21,30H2,1-5H3/t25-/m0/s1. The predicted molar refractivity (Wildman–Crippen MR) is 143 cm³/mol. The number of benzene rings is 2. The Balaban J connectivity index is 1.97. The molecule has 0 radical (unpaired) electrons. The highest BCUT2D eigenvalue weighted by atomic mass is 35.5. The van der Waals surface area contributed by atoms with Gasteiger partial charge in [0.05, 0.1) is 0 Å². The maximum Gasteiger partial charge on any atom is 0.119 e. The fourth-order valence-corrected chi connectivity index (χ4v) is 3.98. The van der Waals surface area contributed by atoms with Crippen molar-refractivity contribution in [3.05, 3.63) is 59.1 Å². The lowest BCUT2D eigenvalue weighted by Crippen LogP contribution is -2.44. The highest BCUT2D eigenvalue weighted by molar-refractivity contribution is 6.30. The molecule has 0 bridgehead atoms. The van der Waals surface area contributed by atoms with Crippen molar-refractivity contribution in [2.24, 2.45) is 17.1 Å². The molecule has 2 rings (SSSR count). The quantitative estimate of drug-likeness (QED) is 0.309. The highest BCUT2D eigenvalue weighted by Crippen LogP contribution is 2.25. The molecule has 0 fully saturated rings. The molecule has 33 heavy (non-hydrogen) atoms. The van der Waals surface area contributed by atoms with Gasteiger partial charge in [0, 0.05) is 42.9 Å². The van der Waals surface area contributed by atoms with Gasteiger partial charge in [-0.05, 0) is 66.1 Å². The zero-order valence-corrected chi connectivity index (χ0v) is 22.0. The van der Waals surface area contributed by atoms with Crippen molar-refractivity contribution in [1.82, 2.24) is 5.32 Å². The zero-order valence-electron chi connectivity index (χ0n) is 21.2. The smallest absolute Gasteiger partial charge is 0.119 e. The fraction of sp³-hybridized carbons (Fsp3) is 0.571. The maximum absolute atomic E-state index is 6.18. The lowest BCUT2D eigenvalue weighted by Gasteiger charge is -2.35. The Hall–Kier alpha value is -1.75. The van der Waals surface area contributed by atoms with Crippen LogP contribution in [0.15, 0.2) is 48.5 Å². The van der Waals surface area contributed by atoms with Crippen molar-refractivity contribution in [2.75, 3.05) is 31.1 Å². The molecule has 0 aliphatic rings. The summed E-state index contributed by atoms with van der Waals surface area (Å²) in [7, 11) is 0. The topological polar surface area (TPSA) is 50.5 Å². The van der Waals surface area contributed by atoms with Gasteiger partial charge in [0.25, 0.3) is 0 Å². The minimum atomic E-state index is 0.132. The molecule has 0 aliphatic carbocycles. The van der Waals surface area contributed by atoms with Gasteiger partial charge in [-0.3, -0.25) is 0 Å². The largest absolute Gasteiger partial charge is 0.489 e. The van der Waals surface area contributed by atoms with E-state index in [0.29, 0.717) is 12.5 Å². The molecule has 0 spiro atoms. The summed E-state index contributed by atoms with van der Waals surface area (Å²) in [5, 5.41) is 4.34. The molecule has 0 unspecified atom stereocenters. The van der Waals surface area contributed by atoms with Crippen LogP contribution in [0.3, 0.4) is 0 Å². The van der Waals surface area contributed by atoms with Gasteiger partial charge in [-0.15, -0.1) is 0 Å². The number of hydrogen-bond donors (Lipinski definition) is 2. The highest BCUT2D eigenvalue weighted by Gasteiger charge is 2.22. The van der Waals surface area contributed by atoms with Crippen molar-refractivity contribution in [3.8, 4) is 5.75 Å². The van der Waals surface area contributed by atoms with Crippen LogP contribution in [0.1, 0.15) is 59.4 Å². The first-order valence-corrected chi connectivity index (χ1v) is 12.7. The molecule has 3 N–H and O–H groups in total. The Morgan fingerprint density at radius 2 is 1.70 bits per heavy atom. The van der Waals surface area contributed by atoms with E-state index in [1.54, 1.807) is 0 Å². The number of rotatable bonds is 15. The van der Waals surface area contributed by atoms with Gasteiger partial charge in [0.2, 0.25) is 0 Å². The van der Waals surface area contributed by atoms with Gasteiger partial charge >= 0.3 is 0 Å². The molecule has 1 atom stereocenters. The van der Waals surface area contributed by atoms with E-state index in [1.807, 2.05) is 24.3 Å². The Bertz CT molecular complexity index is 790. The third kappa shape index (κ3) is 10.8. The van der Waals surface area contributed by atoms with Crippen LogP contribution in [0.25, 0.3) is 0 Å². The average Bonchev–Trinajstić information content (AvgIpc) is 2.76. The first-order valence-electron chi connectivity index (χ1n) is 12.4. The van der Waals surface area contributed by atoms with E-state index in [9.17, 15) is 0 Å². The number of anilines is 1. The lowest BCUT2D eigenvalue weighted by atomic mass is 9.91. The summed E-state index contributed by atoms with van der Waals surface area (Å²) < 4.78 is 5.98. The van der Waals surface area contributed by atoms with E-state index < -0.39 is 0 Å². The average molecular weight is 474 g/mol. The minimum Gasteiger partial charge on any atom is -0.489 e. The summed E-state index contributed by atoms with van der Waals surface area (Å²) in [5.74, 6) is 1.55. The Morgan fingerprint density at radius 1 is 1.03 bits per heavy atom. The van der Waals surface area contributed by atoms with Crippen molar-refractivity contribution >= 4 is 17.3 Å². The SMILES string of the molecule is CCC[C@H](N)CNCC(C)(C)CN(CCC(C)C)c1ccc(OCc2ccc(Cl)cc2)cc1. The molecule has 184 valence electrons. The number of halogens is 1. The van der Waals surface area contributed by atoms with Crippen molar-refractivity contribution in [3.63, 3.8) is 0 Å². The number of ether oxygens (including phenoxy) is 1. The third-order valence-electron chi connectivity index (χ3n) is 5.79. The van der Waals surface area contributed by atoms with Gasteiger partial charge in [-0.25, -0.2) is 0 Å². The Labute approximate surface area is 206 Å². The molecule has 0 saturated carbocycles. The molecule has 0 aromatic heterocycles. The van der Waals surface area contributed by atoms with E-state index in [-0.39, 0.29) is 11.5 Å². The van der Waals surface area contributed by atoms with Crippen molar-refractivity contribution in [1.29, 1.82) is 0 Å². The van der Waals surface area contributed by atoms with E-state index in [0.717, 1.165) is 55.4 Å². The number of nitrogens with one attached hydrogen (secondary N) is 1. The van der Waals surface area contributed by atoms with Crippen LogP contribution in [-0.2, 0) is 6.61 Å². The molecule has 2 aromatic rings. The minimum absolute atomic E-state index is 0.132. The fourth-order valence-electron chi connectivity index (χ4n) is 3.86. The summed E-state index contributed by atoms with van der Waals surface area (Å²) in [6.07, 6.45) is 3.37. The Morgan fingerprint density at radius 3 is 2.30 bits per heavy atom. The Kier molecular flexibility index (Phi) is 11.5. The van der Waals surface area contributed by atoms with Gasteiger partial charge in [0.15, 0.2) is 0 Å². The molecule has 5 heteroatoms. The molecular weight excluding hydrogens is 430 g/mol. The third-order valence-corrected chi connectivity index (χ3v) is 6.04. The van der Waals surface area contributed by atoms with E-state index in [4.69, 9.17) is 22.1 Å². The summed E-state index contributed by atoms with van der Waals surface area (Å²) >= 11 is 5.97. The van der Waals surface area contributed by atoms with Crippen LogP contribution in [0.2, 0.25) is 5.02 Å². The number of hydrogen-bond acceptors (Lipinski definition) is 4. The normalized spacial score (nSPS) is 12.7. The summed E-state index contributed by atoms with van der Waals surface area (Å²) in [5.41, 5.74) is 8.66.